The van der Waals surface area contributed by atoms with Crippen LogP contribution in [0.15, 0.2) is 133 Å². The summed E-state index contributed by atoms with van der Waals surface area (Å²) in [6.07, 6.45) is 0. The van der Waals surface area contributed by atoms with E-state index in [1.807, 2.05) is 24.3 Å². The van der Waals surface area contributed by atoms with Crippen LogP contribution in [0.4, 0.5) is 5.69 Å². The number of hydrogen-bond donors (Lipinski definition) is 0. The number of nitriles is 1. The van der Waals surface area contributed by atoms with Crippen LogP contribution >= 0.6 is 0 Å². The van der Waals surface area contributed by atoms with E-state index < -0.39 is 0 Å². The Morgan fingerprint density at radius 1 is 0.421 bits per heavy atom. The molecule has 0 aliphatic heterocycles. The minimum atomic E-state index is -0.216. The molecule has 8 aromatic carbocycles. The SMILES string of the molecule is [C-]#[N+]c1ccc(-c2cc3c(c4ccccc24)-c2cc4c(cc2C3(C)C)-c2cc3c(cc2C4(C)C)-c2c(cc(-c4ccc(C#N)cc4)c4ccccc24)C3(C)C)cc1. The fourth-order valence-electron chi connectivity index (χ4n) is 10.8. The number of hydrogen-bond acceptors (Lipinski definition) is 1. The molecule has 0 saturated heterocycles. The first kappa shape index (κ1) is 33.6. The van der Waals surface area contributed by atoms with Crippen molar-refractivity contribution < 1.29 is 0 Å². The number of rotatable bonds is 2. The van der Waals surface area contributed by atoms with Gasteiger partial charge in [0.25, 0.3) is 0 Å². The molecule has 11 rings (SSSR count). The molecule has 2 nitrogen and oxygen atoms in total. The van der Waals surface area contributed by atoms with Crippen molar-refractivity contribution in [2.24, 2.45) is 0 Å². The van der Waals surface area contributed by atoms with Gasteiger partial charge in [0.15, 0.2) is 5.69 Å². The van der Waals surface area contributed by atoms with Crippen molar-refractivity contribution in [3.8, 4) is 61.7 Å². The molecule has 0 fully saturated rings. The van der Waals surface area contributed by atoms with E-state index in [0.29, 0.717) is 11.3 Å². The summed E-state index contributed by atoms with van der Waals surface area (Å²) in [5.41, 5.74) is 21.8. The molecule has 0 unspecified atom stereocenters. The second-order valence-electron chi connectivity index (χ2n) is 17.9. The highest BCUT2D eigenvalue weighted by atomic mass is 14.6. The lowest BCUT2D eigenvalue weighted by molar-refractivity contribution is 0.649. The van der Waals surface area contributed by atoms with E-state index in [4.69, 9.17) is 6.57 Å². The zero-order valence-corrected chi connectivity index (χ0v) is 33.1. The molecule has 8 aromatic rings. The van der Waals surface area contributed by atoms with Crippen LogP contribution in [-0.2, 0) is 16.2 Å². The Morgan fingerprint density at radius 3 is 1.19 bits per heavy atom. The van der Waals surface area contributed by atoms with Gasteiger partial charge in [-0.2, -0.15) is 5.26 Å². The second kappa shape index (κ2) is 11.2. The summed E-state index contributed by atoms with van der Waals surface area (Å²) in [5.74, 6) is 0. The Labute approximate surface area is 334 Å². The van der Waals surface area contributed by atoms with Crippen LogP contribution < -0.4 is 0 Å². The molecule has 0 amide bonds. The fraction of sp³-hybridized carbons (Fsp3) is 0.164. The molecule has 0 atom stereocenters. The quantitative estimate of drug-likeness (QED) is 0.163. The highest BCUT2D eigenvalue weighted by Crippen LogP contribution is 2.61. The molecule has 57 heavy (non-hydrogen) atoms. The number of benzene rings is 8. The Kier molecular flexibility index (Phi) is 6.59. The first-order valence-electron chi connectivity index (χ1n) is 19.9. The van der Waals surface area contributed by atoms with Crippen molar-refractivity contribution in [3.05, 3.63) is 184 Å². The van der Waals surface area contributed by atoms with Gasteiger partial charge >= 0.3 is 0 Å². The summed E-state index contributed by atoms with van der Waals surface area (Å²) < 4.78 is 0. The Morgan fingerprint density at radius 2 is 0.772 bits per heavy atom. The second-order valence-corrected chi connectivity index (χ2v) is 17.9. The zero-order chi connectivity index (χ0) is 39.2. The normalized spacial score (nSPS) is 15.6. The number of nitrogens with zero attached hydrogens (tertiary/aromatic N) is 2. The maximum Gasteiger partial charge on any atom is 0.187 e. The largest absolute Gasteiger partial charge is 0.238 e. The molecule has 3 aliphatic rings. The summed E-state index contributed by atoms with van der Waals surface area (Å²) >= 11 is 0. The Bertz CT molecular complexity index is 2980. The Hall–Kier alpha value is -6.74. The molecular weight excluding hydrogens is 689 g/mol. The molecule has 3 aliphatic carbocycles. The third-order valence-electron chi connectivity index (χ3n) is 13.9. The van der Waals surface area contributed by atoms with Gasteiger partial charge in [-0.15, -0.1) is 0 Å². The molecule has 270 valence electrons. The smallest absolute Gasteiger partial charge is 0.187 e. The van der Waals surface area contributed by atoms with E-state index in [1.165, 1.54) is 99.4 Å². The fourth-order valence-corrected chi connectivity index (χ4v) is 10.8. The van der Waals surface area contributed by atoms with Crippen LogP contribution in [0.25, 0.3) is 82.0 Å². The van der Waals surface area contributed by atoms with E-state index in [-0.39, 0.29) is 16.2 Å². The standard InChI is InChI=1S/C55H40N2/c1-53(2)45-28-43-47(54(3,4)49-24-39(32-18-16-31(30-56)17-19-32)35-12-8-10-14-37(35)51(43)49)26-41(45)42-27-48-44(29-46(42)53)52-38-15-11-9-13-36(38)40(25-50(52)55(48,5)6)33-20-22-34(57-7)23-21-33/h8-29H,1-6H3. The lowest BCUT2D eigenvalue weighted by Gasteiger charge is -2.25. The monoisotopic (exact) mass is 728 g/mol. The van der Waals surface area contributed by atoms with E-state index in [2.05, 4.69) is 162 Å². The summed E-state index contributed by atoms with van der Waals surface area (Å²) in [7, 11) is 0. The summed E-state index contributed by atoms with van der Waals surface area (Å²) in [6, 6.07) is 51.1. The summed E-state index contributed by atoms with van der Waals surface area (Å²) in [5, 5.41) is 14.5. The highest BCUT2D eigenvalue weighted by molar-refractivity contribution is 6.11. The van der Waals surface area contributed by atoms with E-state index in [9.17, 15) is 5.26 Å². The molecule has 0 N–H and O–H groups in total. The lowest BCUT2D eigenvalue weighted by Crippen LogP contribution is -2.17. The molecule has 0 bridgehead atoms. The van der Waals surface area contributed by atoms with Gasteiger partial charge in [0.2, 0.25) is 0 Å². The van der Waals surface area contributed by atoms with Crippen molar-refractivity contribution in [3.63, 3.8) is 0 Å². The van der Waals surface area contributed by atoms with Crippen LogP contribution in [0.1, 0.15) is 80.5 Å². The van der Waals surface area contributed by atoms with E-state index in [1.54, 1.807) is 0 Å². The average Bonchev–Trinajstić information content (AvgIpc) is 3.70. The van der Waals surface area contributed by atoms with E-state index in [0.717, 1.165) is 11.1 Å². The average molecular weight is 729 g/mol. The van der Waals surface area contributed by atoms with Crippen LogP contribution in [0.3, 0.4) is 0 Å². The summed E-state index contributed by atoms with van der Waals surface area (Å²) in [6.45, 7) is 21.9. The van der Waals surface area contributed by atoms with Crippen molar-refractivity contribution in [1.82, 2.24) is 0 Å². The lowest BCUT2D eigenvalue weighted by atomic mass is 9.78. The van der Waals surface area contributed by atoms with Gasteiger partial charge in [0.1, 0.15) is 0 Å². The van der Waals surface area contributed by atoms with Crippen LogP contribution in [0, 0.1) is 17.9 Å². The Balaban J connectivity index is 1.11. The van der Waals surface area contributed by atoms with Crippen LogP contribution in [-0.4, -0.2) is 0 Å². The predicted molar refractivity (Wildman–Crippen MR) is 236 cm³/mol. The van der Waals surface area contributed by atoms with Crippen LogP contribution in [0.5, 0.6) is 0 Å². The van der Waals surface area contributed by atoms with Crippen LogP contribution in [0.2, 0.25) is 0 Å². The van der Waals surface area contributed by atoms with Crippen molar-refractivity contribution >= 4 is 27.2 Å². The molecular formula is C55H40N2. The number of fused-ring (bicyclic) bond motifs is 13. The van der Waals surface area contributed by atoms with Gasteiger partial charge in [-0.1, -0.05) is 126 Å². The third-order valence-corrected chi connectivity index (χ3v) is 13.9. The third kappa shape index (κ3) is 4.34. The molecule has 0 aromatic heterocycles. The highest BCUT2D eigenvalue weighted by Gasteiger charge is 2.45. The first-order chi connectivity index (χ1) is 27.4. The minimum absolute atomic E-state index is 0.201. The van der Waals surface area contributed by atoms with Gasteiger partial charge in [-0.25, -0.2) is 4.85 Å². The van der Waals surface area contributed by atoms with Gasteiger partial charge in [0.05, 0.1) is 18.2 Å². The predicted octanol–water partition coefficient (Wildman–Crippen LogP) is 14.7. The molecule has 2 heteroatoms. The molecule has 0 spiro atoms. The van der Waals surface area contributed by atoms with Crippen molar-refractivity contribution in [2.75, 3.05) is 0 Å². The minimum Gasteiger partial charge on any atom is -0.238 e. The maximum atomic E-state index is 9.49. The van der Waals surface area contributed by atoms with Gasteiger partial charge < -0.3 is 0 Å². The van der Waals surface area contributed by atoms with Gasteiger partial charge in [-0.05, 0) is 159 Å². The van der Waals surface area contributed by atoms with E-state index >= 15 is 0 Å². The van der Waals surface area contributed by atoms with Crippen molar-refractivity contribution in [1.29, 1.82) is 5.26 Å². The maximum absolute atomic E-state index is 9.49. The molecule has 0 saturated carbocycles. The first-order valence-corrected chi connectivity index (χ1v) is 19.9. The van der Waals surface area contributed by atoms with Crippen molar-refractivity contribution in [2.45, 2.75) is 57.8 Å². The zero-order valence-electron chi connectivity index (χ0n) is 33.1. The van der Waals surface area contributed by atoms with Gasteiger partial charge in [-0.3, -0.25) is 0 Å². The van der Waals surface area contributed by atoms with Gasteiger partial charge in [0, 0.05) is 16.2 Å². The molecule has 0 radical (unpaired) electrons. The molecule has 0 heterocycles. The topological polar surface area (TPSA) is 28.1 Å². The summed E-state index contributed by atoms with van der Waals surface area (Å²) in [4.78, 5) is 3.64.